The number of ketones is 2. The van der Waals surface area contributed by atoms with E-state index in [1.54, 1.807) is 12.5 Å². The van der Waals surface area contributed by atoms with Crippen molar-refractivity contribution in [1.82, 2.24) is 0 Å². The van der Waals surface area contributed by atoms with E-state index in [2.05, 4.69) is 0 Å². The fourth-order valence-corrected chi connectivity index (χ4v) is 10.4. The summed E-state index contributed by atoms with van der Waals surface area (Å²) < 4.78 is 23.0. The van der Waals surface area contributed by atoms with Gasteiger partial charge < -0.3 is 28.8 Å². The maximum absolute atomic E-state index is 14.4. The van der Waals surface area contributed by atoms with Crippen molar-refractivity contribution in [3.05, 3.63) is 24.2 Å². The quantitative estimate of drug-likeness (QED) is 0.566. The lowest BCUT2D eigenvalue weighted by Gasteiger charge is -2.72. The van der Waals surface area contributed by atoms with Gasteiger partial charge in [-0.15, -0.1) is 0 Å². The van der Waals surface area contributed by atoms with Gasteiger partial charge in [-0.25, -0.2) is 0 Å². The van der Waals surface area contributed by atoms with Gasteiger partial charge in [0, 0.05) is 61.9 Å². The molecule has 12 atom stereocenters. The van der Waals surface area contributed by atoms with Crippen LogP contribution in [0.1, 0.15) is 64.9 Å². The molecule has 0 radical (unpaired) electrons. The van der Waals surface area contributed by atoms with E-state index in [-0.39, 0.29) is 49.8 Å². The largest absolute Gasteiger partial charge is 0.472 e. The average Bonchev–Trinajstić information content (AvgIpc) is 3.44. The summed E-state index contributed by atoms with van der Waals surface area (Å²) in [4.78, 5) is 40.3. The zero-order valence-corrected chi connectivity index (χ0v) is 22.6. The Bertz CT molecular complexity index is 1160. The van der Waals surface area contributed by atoms with Gasteiger partial charge in [-0.2, -0.15) is 0 Å². The number of esters is 1. The van der Waals surface area contributed by atoms with Crippen molar-refractivity contribution in [2.24, 2.45) is 39.4 Å². The lowest BCUT2D eigenvalue weighted by Crippen LogP contribution is -2.79. The summed E-state index contributed by atoms with van der Waals surface area (Å²) in [7, 11) is 1.52. The number of fused-ring (bicyclic) bond motifs is 3. The Labute approximate surface area is 222 Å². The smallest absolute Gasteiger partial charge is 0.302 e. The van der Waals surface area contributed by atoms with Gasteiger partial charge in [0.05, 0.1) is 36.8 Å². The minimum Gasteiger partial charge on any atom is -0.472 e. The van der Waals surface area contributed by atoms with E-state index in [1.807, 2.05) is 26.8 Å². The third-order valence-corrected chi connectivity index (χ3v) is 11.6. The molecular weight excluding hydrogens is 492 g/mol. The molecule has 38 heavy (non-hydrogen) atoms. The lowest BCUT2D eigenvalue weighted by atomic mass is 9.34. The van der Waals surface area contributed by atoms with E-state index in [0.29, 0.717) is 0 Å². The highest BCUT2D eigenvalue weighted by Crippen LogP contribution is 2.75. The molecule has 9 nitrogen and oxygen atoms in total. The number of methoxy groups -OCH3 is 1. The van der Waals surface area contributed by atoms with Crippen LogP contribution in [0.5, 0.6) is 0 Å². The van der Waals surface area contributed by atoms with Gasteiger partial charge >= 0.3 is 5.97 Å². The standard InChI is InChI=1S/C29H38O9/c1-14(30)38-22-10-21(34)29-13-37-25(35-5)27(22,3)19(29)9-20(33)28(4)23-17(31)8-16(15-6-7-36-12-15)26(23,2)11-18(32)24(28)29/h6-7,12,16,19-25,33-34H,8-11,13H2,1-5H3/t16-,19-,20+,21-,22+,23+,24-,25?,26-,27+,28-,29+/m0/s1. The summed E-state index contributed by atoms with van der Waals surface area (Å²) in [5, 5.41) is 23.9. The van der Waals surface area contributed by atoms with E-state index in [4.69, 9.17) is 18.6 Å². The van der Waals surface area contributed by atoms with Gasteiger partial charge in [0.2, 0.25) is 0 Å². The normalized spacial score (nSPS) is 51.7. The lowest BCUT2D eigenvalue weighted by molar-refractivity contribution is -0.373. The van der Waals surface area contributed by atoms with Gasteiger partial charge in [-0.05, 0) is 29.4 Å². The predicted octanol–water partition coefficient (Wildman–Crippen LogP) is 2.63. The fraction of sp³-hybridized carbons (Fsp3) is 0.759. The average molecular weight is 531 g/mol. The Hall–Kier alpha value is -2.07. The Morgan fingerprint density at radius 3 is 2.42 bits per heavy atom. The third-order valence-electron chi connectivity index (χ3n) is 11.6. The molecule has 4 saturated carbocycles. The summed E-state index contributed by atoms with van der Waals surface area (Å²) >= 11 is 0. The molecule has 0 aromatic carbocycles. The molecule has 5 aliphatic rings. The number of ether oxygens (including phenoxy) is 3. The van der Waals surface area contributed by atoms with Crippen LogP contribution >= 0.6 is 0 Å². The fourth-order valence-electron chi connectivity index (χ4n) is 10.4. The SMILES string of the molecule is COC1OC[C@]23[C@@H](O)C[C@@H](OC(C)=O)[C@@]1(C)[C@@H]2C[C@@H](O)[C@@]1(C)[C@@H]2C(=O)C[C@@H](c4ccoc4)[C@]2(C)CC(=O)[C@@H]13. The number of hydrogen-bond acceptors (Lipinski definition) is 9. The van der Waals surface area contributed by atoms with Crippen LogP contribution in [0, 0.1) is 39.4 Å². The molecule has 1 aromatic heterocycles. The maximum Gasteiger partial charge on any atom is 0.302 e. The van der Waals surface area contributed by atoms with Crippen molar-refractivity contribution in [3.8, 4) is 0 Å². The molecule has 2 N–H and O–H groups in total. The highest BCUT2D eigenvalue weighted by molar-refractivity contribution is 5.94. The first-order valence-corrected chi connectivity index (χ1v) is 13.6. The molecule has 5 fully saturated rings. The highest BCUT2D eigenvalue weighted by atomic mass is 16.7. The minimum atomic E-state index is -1.10. The summed E-state index contributed by atoms with van der Waals surface area (Å²) in [6, 6.07) is 1.85. The van der Waals surface area contributed by atoms with E-state index >= 15 is 0 Å². The highest BCUT2D eigenvalue weighted by Gasteiger charge is 2.80. The van der Waals surface area contributed by atoms with Gasteiger partial charge in [0.1, 0.15) is 17.7 Å². The number of hydrogen-bond donors (Lipinski definition) is 2. The predicted molar refractivity (Wildman–Crippen MR) is 131 cm³/mol. The second-order valence-corrected chi connectivity index (χ2v) is 13.2. The monoisotopic (exact) mass is 530 g/mol. The van der Waals surface area contributed by atoms with Crippen molar-refractivity contribution in [3.63, 3.8) is 0 Å². The second-order valence-electron chi connectivity index (χ2n) is 13.2. The summed E-state index contributed by atoms with van der Waals surface area (Å²) in [6.07, 6.45) is 0.496. The second kappa shape index (κ2) is 8.22. The molecule has 2 heterocycles. The molecule has 1 saturated heterocycles. The van der Waals surface area contributed by atoms with Crippen LogP contribution in [0.15, 0.2) is 23.0 Å². The van der Waals surface area contributed by atoms with Gasteiger partial charge in [-0.1, -0.05) is 20.8 Å². The topological polar surface area (TPSA) is 133 Å². The van der Waals surface area contributed by atoms with E-state index in [1.165, 1.54) is 14.0 Å². The number of aliphatic hydroxyl groups is 2. The molecule has 1 aliphatic heterocycles. The zero-order chi connectivity index (χ0) is 27.4. The molecule has 1 aromatic rings. The maximum atomic E-state index is 14.4. The Kier molecular flexibility index (Phi) is 5.66. The number of rotatable bonds is 3. The first-order chi connectivity index (χ1) is 17.9. The van der Waals surface area contributed by atoms with Crippen LogP contribution in [-0.2, 0) is 28.6 Å². The third kappa shape index (κ3) is 2.94. The van der Waals surface area contributed by atoms with Crippen LogP contribution < -0.4 is 0 Å². The van der Waals surface area contributed by atoms with E-state index < -0.39 is 70.0 Å². The number of furan rings is 1. The Morgan fingerprint density at radius 1 is 1.05 bits per heavy atom. The number of carbonyl (C=O) groups excluding carboxylic acids is 3. The molecular formula is C29H38O9. The number of aliphatic hydroxyl groups excluding tert-OH is 2. The van der Waals surface area contributed by atoms with Crippen molar-refractivity contribution >= 4 is 17.5 Å². The van der Waals surface area contributed by atoms with Crippen LogP contribution in [-0.4, -0.2) is 66.1 Å². The first kappa shape index (κ1) is 26.2. The van der Waals surface area contributed by atoms with Gasteiger partial charge in [-0.3, -0.25) is 14.4 Å². The molecule has 1 unspecified atom stereocenters. The van der Waals surface area contributed by atoms with E-state index in [9.17, 15) is 24.6 Å². The van der Waals surface area contributed by atoms with Crippen molar-refractivity contribution in [2.45, 2.75) is 83.9 Å². The van der Waals surface area contributed by atoms with Crippen molar-refractivity contribution < 1.29 is 43.2 Å². The first-order valence-electron chi connectivity index (χ1n) is 13.6. The zero-order valence-electron chi connectivity index (χ0n) is 22.6. The van der Waals surface area contributed by atoms with Crippen LogP contribution in [0.3, 0.4) is 0 Å². The molecule has 208 valence electrons. The van der Waals surface area contributed by atoms with E-state index in [0.717, 1.165) is 5.56 Å². The summed E-state index contributed by atoms with van der Waals surface area (Å²) in [5.41, 5.74) is -2.88. The van der Waals surface area contributed by atoms with Gasteiger partial charge in [0.15, 0.2) is 6.29 Å². The van der Waals surface area contributed by atoms with Crippen molar-refractivity contribution in [2.75, 3.05) is 13.7 Å². The summed E-state index contributed by atoms with van der Waals surface area (Å²) in [6.45, 7) is 7.15. The molecule has 9 heteroatoms. The Morgan fingerprint density at radius 2 is 1.79 bits per heavy atom. The van der Waals surface area contributed by atoms with Crippen LogP contribution in [0.4, 0.5) is 0 Å². The summed E-state index contributed by atoms with van der Waals surface area (Å²) in [5.74, 6) is -2.53. The van der Waals surface area contributed by atoms with Gasteiger partial charge in [0.25, 0.3) is 0 Å². The van der Waals surface area contributed by atoms with Crippen LogP contribution in [0.25, 0.3) is 0 Å². The molecule has 0 spiro atoms. The number of carbonyl (C=O) groups is 3. The molecule has 2 bridgehead atoms. The molecule has 4 aliphatic carbocycles. The molecule has 0 amide bonds. The Balaban J connectivity index is 1.50. The van der Waals surface area contributed by atoms with Crippen molar-refractivity contribution in [1.29, 1.82) is 0 Å². The minimum absolute atomic E-state index is 0.0324. The molecule has 6 rings (SSSR count). The van der Waals surface area contributed by atoms with Crippen LogP contribution in [0.2, 0.25) is 0 Å². The number of Topliss-reactive ketones (excluding diaryl/α,β-unsaturated/α-hetero) is 2.